The summed E-state index contributed by atoms with van der Waals surface area (Å²) in [6.07, 6.45) is -0.577. The quantitative estimate of drug-likeness (QED) is 0.170. The minimum absolute atomic E-state index is 0.577. The molecule has 3 aromatic heterocycles. The lowest BCUT2D eigenvalue weighted by atomic mass is 10.0. The number of hydrogen-bond acceptors (Lipinski definition) is 9. The molecule has 9 heteroatoms. The lowest BCUT2D eigenvalue weighted by Crippen LogP contribution is -2.36. The Balaban J connectivity index is 1.35. The van der Waals surface area contributed by atoms with Crippen molar-refractivity contribution in [2.45, 2.75) is 6.17 Å². The molecule has 0 fully saturated rings. The van der Waals surface area contributed by atoms with Gasteiger partial charge in [0.1, 0.15) is 28.9 Å². The molecule has 0 unspecified atom stereocenters. The third-order valence-corrected chi connectivity index (χ3v) is 10.3. The molecule has 0 amide bonds. The number of thiophene rings is 3. The summed E-state index contributed by atoms with van der Waals surface area (Å²) in [6.45, 7) is 0. The number of amidine groups is 2. The highest BCUT2D eigenvalue weighted by molar-refractivity contribution is 7.14. The highest BCUT2D eigenvalue weighted by Crippen LogP contribution is 2.38. The Morgan fingerprint density at radius 3 is 1.36 bits per heavy atom. The number of hydrogen-bond donors (Lipinski definition) is 1. The van der Waals surface area contributed by atoms with Crippen molar-refractivity contribution in [2.75, 3.05) is 21.3 Å². The largest absolute Gasteiger partial charge is 0.496 e. The monoisotopic (exact) mass is 647 g/mol. The fourth-order valence-electron chi connectivity index (χ4n) is 5.35. The Morgan fingerprint density at radius 2 is 0.956 bits per heavy atom. The molecule has 0 spiro atoms. The maximum atomic E-state index is 5.92. The second-order valence-corrected chi connectivity index (χ2v) is 13.0. The van der Waals surface area contributed by atoms with E-state index in [4.69, 9.17) is 24.2 Å². The van der Waals surface area contributed by atoms with E-state index in [0.717, 1.165) is 39.1 Å². The van der Waals surface area contributed by atoms with Crippen molar-refractivity contribution < 1.29 is 14.2 Å². The van der Waals surface area contributed by atoms with E-state index < -0.39 is 6.17 Å². The Kier molecular flexibility index (Phi) is 8.21. The molecule has 1 aliphatic rings. The fraction of sp³-hybridized carbons (Fsp3) is 0.111. The molecule has 1 aliphatic heterocycles. The van der Waals surface area contributed by atoms with Gasteiger partial charge in [0.25, 0.3) is 0 Å². The van der Waals surface area contributed by atoms with E-state index in [0.29, 0.717) is 23.2 Å². The topological polar surface area (TPSA) is 64.4 Å². The maximum absolute atomic E-state index is 5.92. The van der Waals surface area contributed by atoms with Gasteiger partial charge in [-0.25, -0.2) is 9.98 Å². The molecule has 3 aromatic carbocycles. The molecule has 0 saturated heterocycles. The van der Waals surface area contributed by atoms with E-state index in [1.165, 1.54) is 14.6 Å². The van der Waals surface area contributed by atoms with E-state index in [1.807, 2.05) is 12.1 Å². The SMILES string of the molecule is COc1cc(-c2cccs2)ccc1C1=NC(c2ccc(-c3cccs3)cc2OC)N=C(c2ccc(-c3cccs3)cc2OC)N1. The molecule has 4 heterocycles. The first kappa shape index (κ1) is 29.0. The second kappa shape index (κ2) is 12.7. The molecular formula is C36H29N3O3S3. The molecule has 45 heavy (non-hydrogen) atoms. The molecule has 0 bridgehead atoms. The molecule has 7 rings (SSSR count). The minimum atomic E-state index is -0.577. The van der Waals surface area contributed by atoms with Crippen LogP contribution in [0.25, 0.3) is 31.3 Å². The zero-order valence-corrected chi connectivity index (χ0v) is 27.3. The van der Waals surface area contributed by atoms with Crippen LogP contribution >= 0.6 is 34.0 Å². The first-order chi connectivity index (χ1) is 22.1. The summed E-state index contributed by atoms with van der Waals surface area (Å²) < 4.78 is 17.8. The summed E-state index contributed by atoms with van der Waals surface area (Å²) in [5, 5.41) is 9.74. The van der Waals surface area contributed by atoms with Crippen LogP contribution in [0, 0.1) is 0 Å². The second-order valence-electron chi connectivity index (χ2n) is 10.2. The lowest BCUT2D eigenvalue weighted by Gasteiger charge is -2.25. The van der Waals surface area contributed by atoms with Crippen LogP contribution in [-0.4, -0.2) is 33.0 Å². The number of rotatable bonds is 9. The van der Waals surface area contributed by atoms with Crippen molar-refractivity contribution in [2.24, 2.45) is 9.98 Å². The highest BCUT2D eigenvalue weighted by Gasteiger charge is 2.27. The van der Waals surface area contributed by atoms with Crippen molar-refractivity contribution in [1.82, 2.24) is 5.32 Å². The predicted molar refractivity (Wildman–Crippen MR) is 188 cm³/mol. The van der Waals surface area contributed by atoms with Crippen molar-refractivity contribution in [3.8, 4) is 48.6 Å². The van der Waals surface area contributed by atoms with Crippen LogP contribution in [0.4, 0.5) is 0 Å². The van der Waals surface area contributed by atoms with Gasteiger partial charge in [-0.3, -0.25) is 0 Å². The Morgan fingerprint density at radius 1 is 0.533 bits per heavy atom. The summed E-state index contributed by atoms with van der Waals surface area (Å²) in [5.41, 5.74) is 5.78. The summed E-state index contributed by atoms with van der Waals surface area (Å²) in [4.78, 5) is 13.8. The average Bonchev–Trinajstić information content (AvgIpc) is 3.92. The first-order valence-electron chi connectivity index (χ1n) is 14.2. The average molecular weight is 648 g/mol. The van der Waals surface area contributed by atoms with Gasteiger partial charge >= 0.3 is 0 Å². The number of methoxy groups -OCH3 is 3. The van der Waals surface area contributed by atoms with E-state index in [9.17, 15) is 0 Å². The smallest absolute Gasteiger partial charge is 0.173 e. The standard InChI is InChI=1S/C36H29N3O3S3/c1-40-28-19-22(31-7-4-16-43-31)10-13-25(28)34-37-35(26-14-11-23(20-29(26)41-2)32-8-5-17-44-32)39-36(38-34)27-15-12-24(21-30(27)42-3)33-9-6-18-45-33/h4-21,34H,1-3H3,(H,37,38,39). The van der Waals surface area contributed by atoms with E-state index in [-0.39, 0.29) is 0 Å². The molecule has 0 aliphatic carbocycles. The van der Waals surface area contributed by atoms with E-state index >= 15 is 0 Å². The molecule has 6 aromatic rings. The van der Waals surface area contributed by atoms with Gasteiger partial charge in [0.2, 0.25) is 0 Å². The number of benzene rings is 3. The molecule has 6 nitrogen and oxygen atoms in total. The van der Waals surface area contributed by atoms with Crippen molar-refractivity contribution in [1.29, 1.82) is 0 Å². The normalized spacial score (nSPS) is 13.1. The molecule has 1 N–H and O–H groups in total. The van der Waals surface area contributed by atoms with Gasteiger partial charge in [-0.05, 0) is 81.4 Å². The first-order valence-corrected chi connectivity index (χ1v) is 16.9. The fourth-order valence-corrected chi connectivity index (χ4v) is 7.52. The Bertz CT molecular complexity index is 1900. The van der Waals surface area contributed by atoms with Crippen LogP contribution in [-0.2, 0) is 0 Å². The third-order valence-electron chi connectivity index (χ3n) is 7.58. The summed E-state index contributed by atoms with van der Waals surface area (Å²) in [7, 11) is 5.06. The highest BCUT2D eigenvalue weighted by atomic mass is 32.1. The van der Waals surface area contributed by atoms with Crippen molar-refractivity contribution >= 4 is 45.7 Å². The number of nitrogens with zero attached hydrogens (tertiary/aromatic N) is 2. The lowest BCUT2D eigenvalue weighted by molar-refractivity contribution is 0.406. The van der Waals surface area contributed by atoms with Crippen LogP contribution < -0.4 is 19.5 Å². The van der Waals surface area contributed by atoms with Gasteiger partial charge in [-0.1, -0.05) is 42.5 Å². The van der Waals surface area contributed by atoms with Crippen LogP contribution in [0.3, 0.4) is 0 Å². The van der Waals surface area contributed by atoms with Gasteiger partial charge in [0.15, 0.2) is 6.17 Å². The zero-order valence-electron chi connectivity index (χ0n) is 24.8. The van der Waals surface area contributed by atoms with Crippen LogP contribution in [0.5, 0.6) is 17.2 Å². The van der Waals surface area contributed by atoms with Gasteiger partial charge in [-0.15, -0.1) is 34.0 Å². The van der Waals surface area contributed by atoms with Crippen LogP contribution in [0.1, 0.15) is 22.9 Å². The van der Waals surface area contributed by atoms with Crippen LogP contribution in [0.15, 0.2) is 117 Å². The Labute approximate surface area is 274 Å². The van der Waals surface area contributed by atoms with Crippen LogP contribution in [0.2, 0.25) is 0 Å². The number of ether oxygens (including phenoxy) is 3. The minimum Gasteiger partial charge on any atom is -0.496 e. The number of nitrogens with one attached hydrogen (secondary N) is 1. The molecular weight excluding hydrogens is 619 g/mol. The summed E-state index contributed by atoms with van der Waals surface area (Å²) in [5.74, 6) is 3.44. The predicted octanol–water partition coefficient (Wildman–Crippen LogP) is 9.39. The molecule has 0 atom stereocenters. The molecule has 0 saturated carbocycles. The third kappa shape index (κ3) is 5.78. The summed E-state index contributed by atoms with van der Waals surface area (Å²) >= 11 is 5.08. The van der Waals surface area contributed by atoms with Gasteiger partial charge < -0.3 is 19.5 Å². The van der Waals surface area contributed by atoms with E-state index in [1.54, 1.807) is 55.3 Å². The number of aliphatic imine (C=N–C) groups is 2. The van der Waals surface area contributed by atoms with Gasteiger partial charge in [0, 0.05) is 20.2 Å². The Hall–Kier alpha value is -4.70. The molecule has 224 valence electrons. The van der Waals surface area contributed by atoms with Crippen molar-refractivity contribution in [3.05, 3.63) is 124 Å². The maximum Gasteiger partial charge on any atom is 0.173 e. The van der Waals surface area contributed by atoms with Gasteiger partial charge in [-0.2, -0.15) is 0 Å². The summed E-state index contributed by atoms with van der Waals surface area (Å²) in [6, 6.07) is 31.1. The van der Waals surface area contributed by atoms with E-state index in [2.05, 4.69) is 100 Å². The van der Waals surface area contributed by atoms with Crippen molar-refractivity contribution in [3.63, 3.8) is 0 Å². The molecule has 0 radical (unpaired) electrons. The zero-order chi connectivity index (χ0) is 30.8. The van der Waals surface area contributed by atoms with Gasteiger partial charge in [0.05, 0.1) is 32.5 Å².